The maximum Gasteiger partial charge on any atom is 0.331 e. The first-order valence-corrected chi connectivity index (χ1v) is 13.6. The van der Waals surface area contributed by atoms with Crippen LogP contribution in [0.1, 0.15) is 45.6 Å². The number of esters is 1. The second-order valence-electron chi connectivity index (χ2n) is 10.8. The first-order valence-electron chi connectivity index (χ1n) is 13.6. The molecular formula is C30H42O9. The lowest BCUT2D eigenvalue weighted by Crippen LogP contribution is -2.55. The van der Waals surface area contributed by atoms with Crippen molar-refractivity contribution in [3.05, 3.63) is 41.5 Å². The zero-order chi connectivity index (χ0) is 28.0. The molecule has 1 N–H and O–H groups in total. The zero-order valence-corrected chi connectivity index (χ0v) is 23.6. The smallest absolute Gasteiger partial charge is 0.331 e. The number of aliphatic hydroxyl groups is 1. The standard InChI is InChI=1S/C30H42O9/c1-20(2)6-10-25-29(3,39-25)28-27(34-5)23(12-13-30(28)19-37-30)38-26(32)11-8-21-7-9-22(24(18-21)33-4)36-17-16-35-15-14-31/h6-9,11,18,23,25,27-28,31H,10,12-17,19H2,1-5H3/b11-8+/t23-,25-,27-,28-,29+,30+/m1/s1. The number of benzene rings is 1. The van der Waals surface area contributed by atoms with Gasteiger partial charge in [-0.25, -0.2) is 4.79 Å². The molecule has 4 rings (SSSR count). The van der Waals surface area contributed by atoms with Crippen molar-refractivity contribution in [2.45, 2.75) is 69.5 Å². The van der Waals surface area contributed by atoms with Crippen molar-refractivity contribution in [2.75, 3.05) is 47.3 Å². The van der Waals surface area contributed by atoms with Crippen LogP contribution in [-0.2, 0) is 28.5 Å². The molecule has 1 aliphatic carbocycles. The second kappa shape index (κ2) is 12.8. The molecule has 3 fully saturated rings. The lowest BCUT2D eigenvalue weighted by atomic mass is 9.68. The summed E-state index contributed by atoms with van der Waals surface area (Å²) in [6.45, 7) is 7.91. The number of epoxide rings is 2. The van der Waals surface area contributed by atoms with Crippen molar-refractivity contribution in [2.24, 2.45) is 5.92 Å². The van der Waals surface area contributed by atoms with Gasteiger partial charge >= 0.3 is 5.97 Å². The predicted molar refractivity (Wildman–Crippen MR) is 145 cm³/mol. The monoisotopic (exact) mass is 546 g/mol. The van der Waals surface area contributed by atoms with Gasteiger partial charge in [0, 0.05) is 13.2 Å². The Morgan fingerprint density at radius 1 is 1.18 bits per heavy atom. The molecule has 2 heterocycles. The van der Waals surface area contributed by atoms with E-state index in [1.165, 1.54) is 11.6 Å². The van der Waals surface area contributed by atoms with Crippen LogP contribution in [0.4, 0.5) is 0 Å². The number of hydrogen-bond acceptors (Lipinski definition) is 9. The molecule has 3 aliphatic rings. The summed E-state index contributed by atoms with van der Waals surface area (Å²) >= 11 is 0. The van der Waals surface area contributed by atoms with Crippen LogP contribution in [0.3, 0.4) is 0 Å². The number of methoxy groups -OCH3 is 2. The van der Waals surface area contributed by atoms with Crippen LogP contribution in [0.5, 0.6) is 11.5 Å². The van der Waals surface area contributed by atoms with E-state index in [1.807, 2.05) is 6.07 Å². The first-order chi connectivity index (χ1) is 18.8. The van der Waals surface area contributed by atoms with Gasteiger partial charge < -0.3 is 38.3 Å². The van der Waals surface area contributed by atoms with Crippen LogP contribution in [0, 0.1) is 5.92 Å². The Bertz CT molecular complexity index is 1040. The molecule has 1 saturated carbocycles. The summed E-state index contributed by atoms with van der Waals surface area (Å²) < 4.78 is 40.5. The highest BCUT2D eigenvalue weighted by Gasteiger charge is 2.72. The minimum Gasteiger partial charge on any atom is -0.493 e. The highest BCUT2D eigenvalue weighted by atomic mass is 16.6. The Morgan fingerprint density at radius 3 is 2.64 bits per heavy atom. The molecule has 9 nitrogen and oxygen atoms in total. The highest BCUT2D eigenvalue weighted by molar-refractivity contribution is 5.87. The fourth-order valence-electron chi connectivity index (χ4n) is 5.71. The third-order valence-electron chi connectivity index (χ3n) is 7.83. The van der Waals surface area contributed by atoms with Crippen LogP contribution in [0.25, 0.3) is 6.08 Å². The summed E-state index contributed by atoms with van der Waals surface area (Å²) in [6.07, 6.45) is 7.01. The van der Waals surface area contributed by atoms with Crippen molar-refractivity contribution in [3.63, 3.8) is 0 Å². The van der Waals surface area contributed by atoms with Crippen LogP contribution in [-0.4, -0.2) is 87.8 Å². The molecule has 216 valence electrons. The van der Waals surface area contributed by atoms with Gasteiger partial charge in [-0.15, -0.1) is 0 Å². The third-order valence-corrected chi connectivity index (χ3v) is 7.83. The summed E-state index contributed by atoms with van der Waals surface area (Å²) in [5, 5.41) is 8.77. The number of aliphatic hydroxyl groups excluding tert-OH is 1. The van der Waals surface area contributed by atoms with E-state index >= 15 is 0 Å². The van der Waals surface area contributed by atoms with E-state index in [-0.39, 0.29) is 42.5 Å². The maximum absolute atomic E-state index is 12.9. The summed E-state index contributed by atoms with van der Waals surface area (Å²) in [5.74, 6) is 0.650. The quantitative estimate of drug-likeness (QED) is 0.123. The second-order valence-corrected chi connectivity index (χ2v) is 10.8. The van der Waals surface area contributed by atoms with E-state index in [4.69, 9.17) is 38.3 Å². The van der Waals surface area contributed by atoms with Gasteiger partial charge in [-0.3, -0.25) is 0 Å². The fourth-order valence-corrected chi connectivity index (χ4v) is 5.71. The Kier molecular flexibility index (Phi) is 9.72. The average Bonchev–Trinajstić information content (AvgIpc) is 3.84. The Balaban J connectivity index is 1.37. The molecule has 0 unspecified atom stereocenters. The van der Waals surface area contributed by atoms with Crippen molar-refractivity contribution >= 4 is 12.0 Å². The van der Waals surface area contributed by atoms with Gasteiger partial charge in [0.2, 0.25) is 0 Å². The average molecular weight is 547 g/mol. The fraction of sp³-hybridized carbons (Fsp3) is 0.633. The minimum atomic E-state index is -0.434. The van der Waals surface area contributed by atoms with Crippen molar-refractivity contribution in [1.82, 2.24) is 0 Å². The van der Waals surface area contributed by atoms with E-state index in [2.05, 4.69) is 26.8 Å². The van der Waals surface area contributed by atoms with E-state index in [9.17, 15) is 4.79 Å². The normalized spacial score (nSPS) is 31.2. The van der Waals surface area contributed by atoms with Gasteiger partial charge in [0.05, 0.1) is 45.6 Å². The molecule has 0 amide bonds. The van der Waals surface area contributed by atoms with Crippen LogP contribution < -0.4 is 9.47 Å². The lowest BCUT2D eigenvalue weighted by Gasteiger charge is -2.42. The van der Waals surface area contributed by atoms with E-state index < -0.39 is 12.1 Å². The van der Waals surface area contributed by atoms with E-state index in [1.54, 1.807) is 32.4 Å². The largest absolute Gasteiger partial charge is 0.493 e. The molecule has 6 atom stereocenters. The molecule has 1 aromatic carbocycles. The van der Waals surface area contributed by atoms with Gasteiger partial charge in [0.15, 0.2) is 11.5 Å². The van der Waals surface area contributed by atoms with Crippen molar-refractivity contribution < 1.29 is 43.1 Å². The lowest BCUT2D eigenvalue weighted by molar-refractivity contribution is -0.166. The van der Waals surface area contributed by atoms with Gasteiger partial charge in [0.1, 0.15) is 30.0 Å². The highest BCUT2D eigenvalue weighted by Crippen LogP contribution is 2.59. The maximum atomic E-state index is 12.9. The number of ether oxygens (including phenoxy) is 7. The molecule has 2 aliphatic heterocycles. The molecule has 9 heteroatoms. The number of carbonyl (C=O) groups is 1. The molecule has 1 aromatic rings. The van der Waals surface area contributed by atoms with Crippen molar-refractivity contribution in [3.8, 4) is 11.5 Å². The molecule has 0 radical (unpaired) electrons. The number of carbonyl (C=O) groups excluding carboxylic acids is 1. The summed E-state index contributed by atoms with van der Waals surface area (Å²) in [4.78, 5) is 12.9. The van der Waals surface area contributed by atoms with Crippen LogP contribution >= 0.6 is 0 Å². The third kappa shape index (κ3) is 7.02. The Labute approximate surface area is 231 Å². The Hall–Kier alpha value is -2.43. The topological polar surface area (TPSA) is 109 Å². The van der Waals surface area contributed by atoms with Crippen LogP contribution in [0.2, 0.25) is 0 Å². The summed E-state index contributed by atoms with van der Waals surface area (Å²) in [5.41, 5.74) is 1.39. The van der Waals surface area contributed by atoms with Gasteiger partial charge in [0.25, 0.3) is 0 Å². The molecular weight excluding hydrogens is 504 g/mol. The Morgan fingerprint density at radius 2 is 1.97 bits per heavy atom. The molecule has 1 spiro atoms. The van der Waals surface area contributed by atoms with Gasteiger partial charge in [-0.05, 0) is 63.8 Å². The van der Waals surface area contributed by atoms with E-state index in [0.717, 1.165) is 18.4 Å². The van der Waals surface area contributed by atoms with Gasteiger partial charge in [-0.1, -0.05) is 17.7 Å². The molecule has 0 aromatic heterocycles. The number of allylic oxidation sites excluding steroid dienone is 1. The SMILES string of the molecule is COc1cc(/C=C/C(=O)O[C@@H]2CC[C@]3(CO3)[C@@H]([C@@]3(C)O[C@@H]3CC=C(C)C)[C@@H]2OC)ccc1OCCOCCO. The van der Waals surface area contributed by atoms with E-state index in [0.29, 0.717) is 37.7 Å². The number of rotatable bonds is 14. The molecule has 0 bridgehead atoms. The van der Waals surface area contributed by atoms with Crippen LogP contribution in [0.15, 0.2) is 35.9 Å². The molecule has 2 saturated heterocycles. The summed E-state index contributed by atoms with van der Waals surface area (Å²) in [7, 11) is 3.22. The number of hydrogen-bond donors (Lipinski definition) is 1. The molecule has 39 heavy (non-hydrogen) atoms. The predicted octanol–water partition coefficient (Wildman–Crippen LogP) is 3.72. The summed E-state index contributed by atoms with van der Waals surface area (Å²) in [6, 6.07) is 5.39. The zero-order valence-electron chi connectivity index (χ0n) is 23.6. The first kappa shape index (κ1) is 29.6. The van der Waals surface area contributed by atoms with Gasteiger partial charge in [-0.2, -0.15) is 0 Å². The van der Waals surface area contributed by atoms with Crippen molar-refractivity contribution in [1.29, 1.82) is 0 Å². The minimum absolute atomic E-state index is 0.0214.